The first kappa shape index (κ1) is 14.8. The molecule has 1 fully saturated rings. The highest BCUT2D eigenvalue weighted by Crippen LogP contribution is 2.32. The Bertz CT molecular complexity index is 488. The molecule has 1 saturated carbocycles. The number of benzene rings is 1. The Labute approximate surface area is 114 Å². The third kappa shape index (κ3) is 3.50. The van der Waals surface area contributed by atoms with Crippen LogP contribution in [0, 0.1) is 5.92 Å². The Morgan fingerprint density at radius 3 is 2.50 bits per heavy atom. The van der Waals surface area contributed by atoms with Crippen LogP contribution < -0.4 is 10.5 Å². The molecule has 1 aliphatic carbocycles. The molecule has 1 aliphatic rings. The molecule has 0 spiro atoms. The third-order valence-electron chi connectivity index (χ3n) is 3.53. The van der Waals surface area contributed by atoms with Gasteiger partial charge >= 0.3 is 6.36 Å². The monoisotopic (exact) mass is 287 g/mol. The van der Waals surface area contributed by atoms with Crippen LogP contribution in [0.4, 0.5) is 13.2 Å². The lowest BCUT2D eigenvalue weighted by Gasteiger charge is -2.27. The van der Waals surface area contributed by atoms with Gasteiger partial charge in [0, 0.05) is 12.0 Å². The van der Waals surface area contributed by atoms with E-state index in [-0.39, 0.29) is 17.4 Å². The minimum atomic E-state index is -4.81. The lowest BCUT2D eigenvalue weighted by molar-refractivity contribution is -0.274. The molecule has 2 N–H and O–H groups in total. The van der Waals surface area contributed by atoms with Gasteiger partial charge < -0.3 is 10.5 Å². The van der Waals surface area contributed by atoms with Gasteiger partial charge in [0.25, 0.3) is 0 Å². The molecule has 20 heavy (non-hydrogen) atoms. The summed E-state index contributed by atoms with van der Waals surface area (Å²) in [6.07, 6.45) is -1.66. The van der Waals surface area contributed by atoms with E-state index in [0.29, 0.717) is 6.42 Å². The van der Waals surface area contributed by atoms with E-state index in [1.807, 2.05) is 0 Å². The quantitative estimate of drug-likeness (QED) is 0.868. The molecule has 2 rings (SSSR count). The van der Waals surface area contributed by atoms with Gasteiger partial charge in [-0.1, -0.05) is 25.0 Å². The smallest absolute Gasteiger partial charge is 0.405 e. The number of hydrogen-bond acceptors (Lipinski definition) is 3. The molecule has 3 nitrogen and oxygen atoms in total. The zero-order valence-corrected chi connectivity index (χ0v) is 10.8. The van der Waals surface area contributed by atoms with E-state index >= 15 is 0 Å². The van der Waals surface area contributed by atoms with E-state index in [1.165, 1.54) is 18.2 Å². The summed E-state index contributed by atoms with van der Waals surface area (Å²) in [6.45, 7) is 0. The molecule has 0 radical (unpaired) electrons. The summed E-state index contributed by atoms with van der Waals surface area (Å²) < 4.78 is 41.0. The number of nitrogens with two attached hydrogens (primary N) is 1. The van der Waals surface area contributed by atoms with Gasteiger partial charge in [-0.05, 0) is 25.0 Å². The summed E-state index contributed by atoms with van der Waals surface area (Å²) in [5, 5.41) is 0. The van der Waals surface area contributed by atoms with Crippen LogP contribution in [0.2, 0.25) is 0 Å². The molecule has 0 saturated heterocycles. The van der Waals surface area contributed by atoms with E-state index in [1.54, 1.807) is 0 Å². The number of carbonyl (C=O) groups excluding carboxylic acids is 1. The van der Waals surface area contributed by atoms with Gasteiger partial charge in [0.15, 0.2) is 5.78 Å². The predicted molar refractivity (Wildman–Crippen MR) is 67.4 cm³/mol. The first-order chi connectivity index (χ1) is 9.38. The number of alkyl halides is 3. The highest BCUT2D eigenvalue weighted by molar-refractivity contribution is 6.00. The molecule has 0 heterocycles. The number of para-hydroxylation sites is 1. The number of rotatable bonds is 3. The normalized spacial score (nSPS) is 23.4. The van der Waals surface area contributed by atoms with Crippen molar-refractivity contribution in [1.82, 2.24) is 0 Å². The molecule has 6 heteroatoms. The summed E-state index contributed by atoms with van der Waals surface area (Å²) >= 11 is 0. The molecule has 0 amide bonds. The van der Waals surface area contributed by atoms with E-state index in [2.05, 4.69) is 4.74 Å². The zero-order valence-electron chi connectivity index (χ0n) is 10.8. The van der Waals surface area contributed by atoms with Crippen LogP contribution in [-0.2, 0) is 0 Å². The molecule has 1 aromatic carbocycles. The van der Waals surface area contributed by atoms with Gasteiger partial charge in [-0.3, -0.25) is 4.79 Å². The minimum Gasteiger partial charge on any atom is -0.405 e. The number of hydrogen-bond donors (Lipinski definition) is 1. The second-order valence-electron chi connectivity index (χ2n) is 4.96. The molecule has 0 aromatic heterocycles. The second kappa shape index (κ2) is 5.83. The van der Waals surface area contributed by atoms with E-state index in [0.717, 1.165) is 25.3 Å². The number of halogens is 3. The largest absolute Gasteiger partial charge is 0.573 e. The number of ether oxygens (including phenoxy) is 1. The zero-order chi connectivity index (χ0) is 14.8. The Kier molecular flexibility index (Phi) is 4.32. The Balaban J connectivity index is 2.25. The predicted octanol–water partition coefficient (Wildman–Crippen LogP) is 3.29. The van der Waals surface area contributed by atoms with Gasteiger partial charge in [-0.2, -0.15) is 0 Å². The second-order valence-corrected chi connectivity index (χ2v) is 4.96. The van der Waals surface area contributed by atoms with Gasteiger partial charge in [0.2, 0.25) is 0 Å². The lowest BCUT2D eigenvalue weighted by atomic mass is 9.80. The fourth-order valence-electron chi connectivity index (χ4n) is 2.57. The van der Waals surface area contributed by atoms with Gasteiger partial charge in [-0.15, -0.1) is 13.2 Å². The summed E-state index contributed by atoms with van der Waals surface area (Å²) in [7, 11) is 0. The molecule has 1 aromatic rings. The average Bonchev–Trinajstić information content (AvgIpc) is 2.37. The molecule has 2 atom stereocenters. The summed E-state index contributed by atoms with van der Waals surface area (Å²) in [5.74, 6) is -1.25. The molecular formula is C14H16F3NO2. The van der Waals surface area contributed by atoms with Crippen molar-refractivity contribution in [2.75, 3.05) is 0 Å². The summed E-state index contributed by atoms with van der Waals surface area (Å²) in [4.78, 5) is 12.4. The summed E-state index contributed by atoms with van der Waals surface area (Å²) in [6, 6.07) is 5.12. The van der Waals surface area contributed by atoms with Crippen molar-refractivity contribution in [3.8, 4) is 5.75 Å². The number of carbonyl (C=O) groups is 1. The lowest BCUT2D eigenvalue weighted by Crippen LogP contribution is -2.38. The fourth-order valence-corrected chi connectivity index (χ4v) is 2.57. The summed E-state index contributed by atoms with van der Waals surface area (Å²) in [5.41, 5.74) is 5.86. The number of Topliss-reactive ketones (excluding diaryl/α,β-unsaturated/α-hetero) is 1. The molecular weight excluding hydrogens is 271 g/mol. The van der Waals surface area contributed by atoms with Crippen LogP contribution in [0.1, 0.15) is 36.0 Å². The van der Waals surface area contributed by atoms with Crippen LogP contribution in [0.3, 0.4) is 0 Å². The molecule has 0 aliphatic heterocycles. The number of ketones is 1. The van der Waals surface area contributed by atoms with Crippen LogP contribution in [0.25, 0.3) is 0 Å². The van der Waals surface area contributed by atoms with Crippen molar-refractivity contribution in [2.24, 2.45) is 11.7 Å². The highest BCUT2D eigenvalue weighted by Gasteiger charge is 2.35. The van der Waals surface area contributed by atoms with Crippen molar-refractivity contribution >= 4 is 5.78 Å². The topological polar surface area (TPSA) is 52.3 Å². The molecule has 0 bridgehead atoms. The Morgan fingerprint density at radius 2 is 1.85 bits per heavy atom. The van der Waals surface area contributed by atoms with Crippen LogP contribution in [0.5, 0.6) is 5.75 Å². The van der Waals surface area contributed by atoms with Crippen LogP contribution >= 0.6 is 0 Å². The minimum absolute atomic E-state index is 0.0489. The van der Waals surface area contributed by atoms with Crippen LogP contribution in [-0.4, -0.2) is 18.2 Å². The fraction of sp³-hybridized carbons (Fsp3) is 0.500. The SMILES string of the molecule is NC1CCCCC1C(=O)c1ccccc1OC(F)(F)F. The van der Waals surface area contributed by atoms with E-state index < -0.39 is 18.0 Å². The Morgan fingerprint density at radius 1 is 1.20 bits per heavy atom. The van der Waals surface area contributed by atoms with Gasteiger partial charge in [0.1, 0.15) is 5.75 Å². The van der Waals surface area contributed by atoms with Crippen molar-refractivity contribution < 1.29 is 22.7 Å². The maximum atomic E-state index is 12.4. The van der Waals surface area contributed by atoms with E-state index in [9.17, 15) is 18.0 Å². The highest BCUT2D eigenvalue weighted by atomic mass is 19.4. The van der Waals surface area contributed by atoms with Gasteiger partial charge in [0.05, 0.1) is 5.56 Å². The third-order valence-corrected chi connectivity index (χ3v) is 3.53. The van der Waals surface area contributed by atoms with Crippen molar-refractivity contribution in [2.45, 2.75) is 38.1 Å². The van der Waals surface area contributed by atoms with Crippen molar-refractivity contribution in [1.29, 1.82) is 0 Å². The van der Waals surface area contributed by atoms with Crippen molar-refractivity contribution in [3.63, 3.8) is 0 Å². The maximum absolute atomic E-state index is 12.4. The van der Waals surface area contributed by atoms with Crippen molar-refractivity contribution in [3.05, 3.63) is 29.8 Å². The van der Waals surface area contributed by atoms with Gasteiger partial charge in [-0.25, -0.2) is 0 Å². The maximum Gasteiger partial charge on any atom is 0.573 e. The molecule has 110 valence electrons. The van der Waals surface area contributed by atoms with Crippen LogP contribution in [0.15, 0.2) is 24.3 Å². The Hall–Kier alpha value is -1.56. The standard InChI is InChI=1S/C14H16F3NO2/c15-14(16,17)20-12-8-4-2-6-10(12)13(19)9-5-1-3-7-11(9)18/h2,4,6,8-9,11H,1,3,5,7,18H2. The van der Waals surface area contributed by atoms with E-state index in [4.69, 9.17) is 5.73 Å². The average molecular weight is 287 g/mol. The first-order valence-electron chi connectivity index (χ1n) is 6.53. The molecule has 2 unspecified atom stereocenters. The first-order valence-corrected chi connectivity index (χ1v) is 6.53.